The van der Waals surface area contributed by atoms with E-state index in [1.54, 1.807) is 0 Å². The monoisotopic (exact) mass is 181 g/mol. The quantitative estimate of drug-likeness (QED) is 0.734. The van der Waals surface area contributed by atoms with Crippen molar-refractivity contribution < 1.29 is 4.52 Å². The van der Waals surface area contributed by atoms with Crippen LogP contribution in [-0.2, 0) is 13.0 Å². The van der Waals surface area contributed by atoms with Gasteiger partial charge in [-0.2, -0.15) is 0 Å². The van der Waals surface area contributed by atoms with E-state index in [4.69, 9.17) is 4.52 Å². The summed E-state index contributed by atoms with van der Waals surface area (Å²) in [5.41, 5.74) is 1.26. The molecule has 13 heavy (non-hydrogen) atoms. The minimum absolute atomic E-state index is 0.816. The third-order valence-corrected chi connectivity index (χ3v) is 2.25. The summed E-state index contributed by atoms with van der Waals surface area (Å²) in [7, 11) is 0. The number of aromatic nitrogens is 1. The minimum Gasteiger partial charge on any atom is -0.367 e. The molecule has 0 unspecified atom stereocenters. The summed E-state index contributed by atoms with van der Waals surface area (Å²) in [6, 6.07) is 0. The van der Waals surface area contributed by atoms with E-state index in [0.29, 0.717) is 0 Å². The second-order valence-corrected chi connectivity index (χ2v) is 3.29. The van der Waals surface area contributed by atoms with E-state index in [0.717, 1.165) is 44.1 Å². The predicted molar refractivity (Wildman–Crippen MR) is 50.7 cm³/mol. The van der Waals surface area contributed by atoms with Gasteiger partial charge in [0.25, 0.3) is 0 Å². The molecule has 72 valence electrons. The normalized spacial score (nSPS) is 15.5. The van der Waals surface area contributed by atoms with Crippen LogP contribution < -0.4 is 10.6 Å². The summed E-state index contributed by atoms with van der Waals surface area (Å²) in [6.45, 7) is 4.94. The Morgan fingerprint density at radius 3 is 3.38 bits per heavy atom. The number of nitrogens with zero attached hydrogens (tertiary/aromatic N) is 1. The van der Waals surface area contributed by atoms with E-state index in [9.17, 15) is 0 Å². The first-order valence-corrected chi connectivity index (χ1v) is 4.84. The third kappa shape index (κ3) is 1.67. The Morgan fingerprint density at radius 1 is 1.62 bits per heavy atom. The van der Waals surface area contributed by atoms with Crippen LogP contribution in [0.2, 0.25) is 0 Å². The van der Waals surface area contributed by atoms with Gasteiger partial charge in [0.05, 0.1) is 6.54 Å². The van der Waals surface area contributed by atoms with E-state index < -0.39 is 0 Å². The van der Waals surface area contributed by atoms with Gasteiger partial charge < -0.3 is 15.2 Å². The van der Waals surface area contributed by atoms with Crippen LogP contribution in [0.3, 0.4) is 0 Å². The second kappa shape index (κ2) is 3.79. The fourth-order valence-electron chi connectivity index (χ4n) is 1.54. The van der Waals surface area contributed by atoms with Crippen LogP contribution in [0.5, 0.6) is 0 Å². The minimum atomic E-state index is 0.816. The molecule has 0 spiro atoms. The molecule has 1 aromatic heterocycles. The number of rotatable bonds is 3. The molecular weight excluding hydrogens is 166 g/mol. The SMILES string of the molecule is CCCNc1noc2c1CCNC2. The van der Waals surface area contributed by atoms with Crippen molar-refractivity contribution in [1.82, 2.24) is 10.5 Å². The van der Waals surface area contributed by atoms with Crippen LogP contribution in [0, 0.1) is 0 Å². The van der Waals surface area contributed by atoms with Crippen LogP contribution in [0.4, 0.5) is 5.82 Å². The predicted octanol–water partition coefficient (Wildman–Crippen LogP) is 1.14. The standard InChI is InChI=1S/C9H15N3O/c1-2-4-11-9-7-3-5-10-6-8(7)13-12-9/h10H,2-6H2,1H3,(H,11,12). The van der Waals surface area contributed by atoms with Gasteiger partial charge in [-0.05, 0) is 19.4 Å². The molecule has 0 atom stereocenters. The highest BCUT2D eigenvalue weighted by Gasteiger charge is 2.18. The van der Waals surface area contributed by atoms with Crippen molar-refractivity contribution in [3.05, 3.63) is 11.3 Å². The molecule has 0 aromatic carbocycles. The number of hydrogen-bond acceptors (Lipinski definition) is 4. The zero-order valence-electron chi connectivity index (χ0n) is 7.89. The molecule has 0 bridgehead atoms. The molecule has 1 aromatic rings. The topological polar surface area (TPSA) is 50.1 Å². The smallest absolute Gasteiger partial charge is 0.172 e. The summed E-state index contributed by atoms with van der Waals surface area (Å²) in [5.74, 6) is 1.93. The number of anilines is 1. The van der Waals surface area contributed by atoms with E-state index in [-0.39, 0.29) is 0 Å². The molecule has 0 amide bonds. The molecule has 0 saturated carbocycles. The zero-order valence-corrected chi connectivity index (χ0v) is 7.89. The first-order valence-electron chi connectivity index (χ1n) is 4.84. The Balaban J connectivity index is 2.12. The lowest BCUT2D eigenvalue weighted by Crippen LogP contribution is -2.23. The summed E-state index contributed by atoms with van der Waals surface area (Å²) in [5, 5.41) is 10.5. The van der Waals surface area contributed by atoms with Crippen molar-refractivity contribution in [2.45, 2.75) is 26.3 Å². The maximum absolute atomic E-state index is 5.21. The lowest BCUT2D eigenvalue weighted by molar-refractivity contribution is 0.367. The average molecular weight is 181 g/mol. The van der Waals surface area contributed by atoms with Crippen LogP contribution in [0.15, 0.2) is 4.52 Å². The molecule has 2 N–H and O–H groups in total. The molecule has 4 nitrogen and oxygen atoms in total. The number of hydrogen-bond donors (Lipinski definition) is 2. The van der Waals surface area contributed by atoms with E-state index in [1.165, 1.54) is 5.56 Å². The van der Waals surface area contributed by atoms with Crippen LogP contribution in [0.25, 0.3) is 0 Å². The van der Waals surface area contributed by atoms with Crippen molar-refractivity contribution in [2.75, 3.05) is 18.4 Å². The van der Waals surface area contributed by atoms with Gasteiger partial charge in [-0.25, -0.2) is 0 Å². The maximum Gasteiger partial charge on any atom is 0.172 e. The van der Waals surface area contributed by atoms with Gasteiger partial charge in [-0.1, -0.05) is 12.1 Å². The van der Waals surface area contributed by atoms with Gasteiger partial charge >= 0.3 is 0 Å². The Morgan fingerprint density at radius 2 is 2.54 bits per heavy atom. The first kappa shape index (κ1) is 8.56. The summed E-state index contributed by atoms with van der Waals surface area (Å²) in [6.07, 6.45) is 2.13. The first-order chi connectivity index (χ1) is 6.42. The molecule has 0 radical (unpaired) electrons. The van der Waals surface area contributed by atoms with Crippen molar-refractivity contribution in [2.24, 2.45) is 0 Å². The van der Waals surface area contributed by atoms with E-state index in [1.807, 2.05) is 0 Å². The van der Waals surface area contributed by atoms with E-state index in [2.05, 4.69) is 22.7 Å². The van der Waals surface area contributed by atoms with Gasteiger partial charge in [0, 0.05) is 12.1 Å². The maximum atomic E-state index is 5.21. The fraction of sp³-hybridized carbons (Fsp3) is 0.667. The van der Waals surface area contributed by atoms with Gasteiger partial charge in [-0.3, -0.25) is 0 Å². The lowest BCUT2D eigenvalue weighted by atomic mass is 10.1. The van der Waals surface area contributed by atoms with Crippen LogP contribution >= 0.6 is 0 Å². The molecule has 2 rings (SSSR count). The summed E-state index contributed by atoms with van der Waals surface area (Å²) in [4.78, 5) is 0. The Labute approximate surface area is 77.7 Å². The van der Waals surface area contributed by atoms with Gasteiger partial charge in [0.1, 0.15) is 0 Å². The van der Waals surface area contributed by atoms with Gasteiger partial charge in [0.15, 0.2) is 11.6 Å². The molecule has 0 fully saturated rings. The zero-order chi connectivity index (χ0) is 9.10. The Kier molecular flexibility index (Phi) is 2.49. The van der Waals surface area contributed by atoms with Crippen molar-refractivity contribution in [3.63, 3.8) is 0 Å². The molecule has 1 aliphatic heterocycles. The van der Waals surface area contributed by atoms with Gasteiger partial charge in [-0.15, -0.1) is 0 Å². The van der Waals surface area contributed by atoms with E-state index >= 15 is 0 Å². The Bertz CT molecular complexity index is 282. The van der Waals surface area contributed by atoms with Crippen LogP contribution in [0.1, 0.15) is 24.7 Å². The highest BCUT2D eigenvalue weighted by molar-refractivity contribution is 5.46. The number of fused-ring (bicyclic) bond motifs is 1. The second-order valence-electron chi connectivity index (χ2n) is 3.29. The average Bonchev–Trinajstić information content (AvgIpc) is 2.58. The fourth-order valence-corrected chi connectivity index (χ4v) is 1.54. The van der Waals surface area contributed by atoms with Crippen molar-refractivity contribution >= 4 is 5.82 Å². The molecular formula is C9H15N3O. The largest absolute Gasteiger partial charge is 0.367 e. The molecule has 0 saturated heterocycles. The van der Waals surface area contributed by atoms with Crippen molar-refractivity contribution in [1.29, 1.82) is 0 Å². The lowest BCUT2D eigenvalue weighted by Gasteiger charge is -2.11. The van der Waals surface area contributed by atoms with Crippen molar-refractivity contribution in [3.8, 4) is 0 Å². The molecule has 2 heterocycles. The summed E-state index contributed by atoms with van der Waals surface area (Å²) < 4.78 is 5.21. The van der Waals surface area contributed by atoms with Crippen LogP contribution in [-0.4, -0.2) is 18.2 Å². The summed E-state index contributed by atoms with van der Waals surface area (Å²) >= 11 is 0. The Hall–Kier alpha value is -1.03. The third-order valence-electron chi connectivity index (χ3n) is 2.25. The highest BCUT2D eigenvalue weighted by atomic mass is 16.5. The van der Waals surface area contributed by atoms with Gasteiger partial charge in [0.2, 0.25) is 0 Å². The molecule has 1 aliphatic rings. The highest BCUT2D eigenvalue weighted by Crippen LogP contribution is 2.21. The number of nitrogens with one attached hydrogen (secondary N) is 2. The molecule has 0 aliphatic carbocycles. The molecule has 4 heteroatoms.